The van der Waals surface area contributed by atoms with Gasteiger partial charge < -0.3 is 10.1 Å². The van der Waals surface area contributed by atoms with E-state index >= 15 is 0 Å². The highest BCUT2D eigenvalue weighted by molar-refractivity contribution is 5.56. The number of benzene rings is 1. The van der Waals surface area contributed by atoms with E-state index in [2.05, 4.69) is 11.9 Å². The van der Waals surface area contributed by atoms with Gasteiger partial charge in [0.1, 0.15) is 0 Å². The van der Waals surface area contributed by atoms with Crippen molar-refractivity contribution in [2.75, 3.05) is 25.1 Å². The first-order valence-electron chi connectivity index (χ1n) is 5.92. The van der Waals surface area contributed by atoms with Crippen molar-refractivity contribution in [1.82, 2.24) is 0 Å². The Bertz CT molecular complexity index is 518. The Morgan fingerprint density at radius 1 is 1.45 bits per heavy atom. The van der Waals surface area contributed by atoms with Crippen LogP contribution in [-0.4, -0.2) is 19.8 Å². The average Bonchev–Trinajstić information content (AvgIpc) is 2.36. The summed E-state index contributed by atoms with van der Waals surface area (Å²) < 4.78 is 43.6. The molecule has 0 saturated heterocycles. The highest BCUT2D eigenvalue weighted by Crippen LogP contribution is 2.35. The van der Waals surface area contributed by atoms with Crippen molar-refractivity contribution in [3.8, 4) is 6.07 Å². The average molecular weight is 284 g/mol. The number of halogens is 3. The standard InChI is InChI=1S/C14H15F3N2O/c1-10(2)9-20-6-5-19-13-7-11(8-18)3-4-12(13)14(15,16)17/h3-4,7,19H,1,5-6,9H2,2H3. The summed E-state index contributed by atoms with van der Waals surface area (Å²) in [5, 5.41) is 11.4. The van der Waals surface area contributed by atoms with Crippen LogP contribution >= 0.6 is 0 Å². The molecule has 20 heavy (non-hydrogen) atoms. The summed E-state index contributed by atoms with van der Waals surface area (Å²) in [6.45, 7) is 6.28. The normalized spacial score (nSPS) is 10.9. The predicted molar refractivity (Wildman–Crippen MR) is 70.3 cm³/mol. The van der Waals surface area contributed by atoms with Gasteiger partial charge in [-0.2, -0.15) is 18.4 Å². The Labute approximate surface area is 115 Å². The van der Waals surface area contributed by atoms with Crippen molar-refractivity contribution in [2.24, 2.45) is 0 Å². The fourth-order valence-electron chi connectivity index (χ4n) is 1.51. The smallest absolute Gasteiger partial charge is 0.382 e. The van der Waals surface area contributed by atoms with Crippen LogP contribution in [0, 0.1) is 11.3 Å². The molecule has 0 heterocycles. The molecule has 0 radical (unpaired) electrons. The van der Waals surface area contributed by atoms with Gasteiger partial charge in [0.05, 0.1) is 30.4 Å². The van der Waals surface area contributed by atoms with Crippen LogP contribution in [0.25, 0.3) is 0 Å². The van der Waals surface area contributed by atoms with Crippen LogP contribution in [0.1, 0.15) is 18.1 Å². The molecule has 6 heteroatoms. The van der Waals surface area contributed by atoms with Crippen molar-refractivity contribution in [2.45, 2.75) is 13.1 Å². The second-order valence-electron chi connectivity index (χ2n) is 4.31. The van der Waals surface area contributed by atoms with E-state index in [4.69, 9.17) is 10.00 Å². The zero-order valence-corrected chi connectivity index (χ0v) is 11.0. The van der Waals surface area contributed by atoms with Gasteiger partial charge in [0, 0.05) is 12.2 Å². The third-order valence-corrected chi connectivity index (χ3v) is 2.36. The lowest BCUT2D eigenvalue weighted by atomic mass is 10.1. The maximum absolute atomic E-state index is 12.8. The molecule has 1 rings (SSSR count). The zero-order valence-electron chi connectivity index (χ0n) is 11.0. The van der Waals surface area contributed by atoms with E-state index in [1.54, 1.807) is 6.92 Å². The summed E-state index contributed by atoms with van der Waals surface area (Å²) in [4.78, 5) is 0. The predicted octanol–water partition coefficient (Wildman–Crippen LogP) is 3.58. The fourth-order valence-corrected chi connectivity index (χ4v) is 1.51. The number of rotatable bonds is 6. The van der Waals surface area contributed by atoms with Gasteiger partial charge in [-0.15, -0.1) is 0 Å². The minimum atomic E-state index is -4.46. The molecule has 0 amide bonds. The number of nitrogens with zero attached hydrogens (tertiary/aromatic N) is 1. The van der Waals surface area contributed by atoms with Gasteiger partial charge >= 0.3 is 6.18 Å². The van der Waals surface area contributed by atoms with Gasteiger partial charge in [0.25, 0.3) is 0 Å². The molecule has 0 atom stereocenters. The summed E-state index contributed by atoms with van der Waals surface area (Å²) in [5.41, 5.74) is 0.0997. The molecule has 3 nitrogen and oxygen atoms in total. The Morgan fingerprint density at radius 2 is 2.15 bits per heavy atom. The van der Waals surface area contributed by atoms with Gasteiger partial charge in [0.15, 0.2) is 0 Å². The van der Waals surface area contributed by atoms with Crippen LogP contribution < -0.4 is 5.32 Å². The largest absolute Gasteiger partial charge is 0.418 e. The molecule has 1 N–H and O–H groups in total. The summed E-state index contributed by atoms with van der Waals surface area (Å²) in [6, 6.07) is 5.04. The monoisotopic (exact) mass is 284 g/mol. The maximum atomic E-state index is 12.8. The maximum Gasteiger partial charge on any atom is 0.418 e. The highest BCUT2D eigenvalue weighted by atomic mass is 19.4. The van der Waals surface area contributed by atoms with Gasteiger partial charge in [0.2, 0.25) is 0 Å². The zero-order chi connectivity index (χ0) is 15.2. The topological polar surface area (TPSA) is 45.0 Å². The van der Waals surface area contributed by atoms with E-state index in [0.29, 0.717) is 6.61 Å². The molecular formula is C14H15F3N2O. The van der Waals surface area contributed by atoms with Crippen molar-refractivity contribution in [1.29, 1.82) is 5.26 Å². The van der Waals surface area contributed by atoms with E-state index < -0.39 is 11.7 Å². The number of ether oxygens (including phenoxy) is 1. The third-order valence-electron chi connectivity index (χ3n) is 2.36. The second kappa shape index (κ2) is 6.96. The number of alkyl halides is 3. The van der Waals surface area contributed by atoms with Crippen molar-refractivity contribution >= 4 is 5.69 Å². The van der Waals surface area contributed by atoms with Crippen LogP contribution in [-0.2, 0) is 10.9 Å². The third kappa shape index (κ3) is 4.94. The molecule has 108 valence electrons. The highest BCUT2D eigenvalue weighted by Gasteiger charge is 2.33. The minimum absolute atomic E-state index is 0.115. The second-order valence-corrected chi connectivity index (χ2v) is 4.31. The molecule has 1 aromatic rings. The minimum Gasteiger partial charge on any atom is -0.382 e. The van der Waals surface area contributed by atoms with Crippen LogP contribution in [0.15, 0.2) is 30.4 Å². The SMILES string of the molecule is C=C(C)COCCNc1cc(C#N)ccc1C(F)(F)F. The van der Waals surface area contributed by atoms with Crippen LogP contribution in [0.3, 0.4) is 0 Å². The fraction of sp³-hybridized carbons (Fsp3) is 0.357. The molecule has 0 aromatic heterocycles. The van der Waals surface area contributed by atoms with Gasteiger partial charge in [-0.3, -0.25) is 0 Å². The van der Waals surface area contributed by atoms with Gasteiger partial charge in [-0.1, -0.05) is 12.2 Å². The lowest BCUT2D eigenvalue weighted by Crippen LogP contribution is -2.15. The number of hydrogen-bond acceptors (Lipinski definition) is 3. The van der Waals surface area contributed by atoms with Crippen molar-refractivity contribution in [3.05, 3.63) is 41.5 Å². The van der Waals surface area contributed by atoms with Crippen LogP contribution in [0.2, 0.25) is 0 Å². The Kier molecular flexibility index (Phi) is 5.59. The first-order valence-corrected chi connectivity index (χ1v) is 5.92. The molecule has 0 aliphatic carbocycles. The van der Waals surface area contributed by atoms with E-state index in [9.17, 15) is 13.2 Å². The first-order chi connectivity index (χ1) is 9.34. The molecule has 1 aromatic carbocycles. The Morgan fingerprint density at radius 3 is 2.70 bits per heavy atom. The quantitative estimate of drug-likeness (QED) is 0.641. The summed E-state index contributed by atoms with van der Waals surface area (Å²) in [7, 11) is 0. The molecule has 0 unspecified atom stereocenters. The van der Waals surface area contributed by atoms with E-state index in [1.165, 1.54) is 6.07 Å². The Balaban J connectivity index is 2.72. The number of anilines is 1. The summed E-state index contributed by atoms with van der Waals surface area (Å²) in [5.74, 6) is 0. The van der Waals surface area contributed by atoms with Crippen LogP contribution in [0.5, 0.6) is 0 Å². The van der Waals surface area contributed by atoms with Gasteiger partial charge in [-0.05, 0) is 25.1 Å². The number of nitrogens with one attached hydrogen (secondary N) is 1. The summed E-state index contributed by atoms with van der Waals surface area (Å²) >= 11 is 0. The lowest BCUT2D eigenvalue weighted by Gasteiger charge is -2.15. The van der Waals surface area contributed by atoms with E-state index in [0.717, 1.165) is 17.7 Å². The first kappa shape index (κ1) is 16.1. The molecule has 0 bridgehead atoms. The molecular weight excluding hydrogens is 269 g/mol. The number of nitriles is 1. The number of hydrogen-bond donors (Lipinski definition) is 1. The van der Waals surface area contributed by atoms with E-state index in [1.807, 2.05) is 6.07 Å². The van der Waals surface area contributed by atoms with Crippen LogP contribution in [0.4, 0.5) is 18.9 Å². The molecule has 0 saturated carbocycles. The Hall–Kier alpha value is -2.00. The molecule has 0 aliphatic rings. The van der Waals surface area contributed by atoms with Gasteiger partial charge in [-0.25, -0.2) is 0 Å². The van der Waals surface area contributed by atoms with Crippen molar-refractivity contribution in [3.63, 3.8) is 0 Å². The molecule has 0 aliphatic heterocycles. The van der Waals surface area contributed by atoms with E-state index in [-0.39, 0.29) is 24.4 Å². The lowest BCUT2D eigenvalue weighted by molar-refractivity contribution is -0.137. The molecule has 0 spiro atoms. The molecule has 0 fully saturated rings. The van der Waals surface area contributed by atoms with Crippen molar-refractivity contribution < 1.29 is 17.9 Å². The summed E-state index contributed by atoms with van der Waals surface area (Å²) in [6.07, 6.45) is -4.46.